The smallest absolute Gasteiger partial charge is 0.222 e. The Morgan fingerprint density at radius 2 is 1.85 bits per heavy atom. The molecular weight excluding hydrogens is 250 g/mol. The van der Waals surface area contributed by atoms with Gasteiger partial charge in [0.1, 0.15) is 5.82 Å². The van der Waals surface area contributed by atoms with Gasteiger partial charge in [-0.2, -0.15) is 4.98 Å². The highest BCUT2D eigenvalue weighted by Crippen LogP contribution is 2.24. The lowest BCUT2D eigenvalue weighted by Gasteiger charge is -2.15. The van der Waals surface area contributed by atoms with Gasteiger partial charge in [-0.3, -0.25) is 4.98 Å². The summed E-state index contributed by atoms with van der Waals surface area (Å²) in [6, 6.07) is 13.7. The van der Waals surface area contributed by atoms with E-state index in [1.807, 2.05) is 49.4 Å². The molecule has 0 radical (unpaired) electrons. The Kier molecular flexibility index (Phi) is 3.16. The van der Waals surface area contributed by atoms with Gasteiger partial charge in [-0.15, -0.1) is 0 Å². The Hall–Kier alpha value is -2.69. The molecule has 5 heteroatoms. The predicted octanol–water partition coefficient (Wildman–Crippen LogP) is 2.78. The van der Waals surface area contributed by atoms with Crippen LogP contribution in [0.1, 0.15) is 18.7 Å². The number of aromatic nitrogens is 3. The molecule has 0 saturated carbocycles. The van der Waals surface area contributed by atoms with E-state index in [4.69, 9.17) is 5.73 Å². The highest BCUT2D eigenvalue weighted by molar-refractivity contribution is 5.89. The van der Waals surface area contributed by atoms with E-state index in [1.54, 1.807) is 6.20 Å². The highest BCUT2D eigenvalue weighted by Gasteiger charge is 2.10. The molecule has 1 aromatic carbocycles. The summed E-state index contributed by atoms with van der Waals surface area (Å²) in [5.74, 6) is 0.991. The minimum atomic E-state index is 0.0360. The van der Waals surface area contributed by atoms with Crippen molar-refractivity contribution in [3.8, 4) is 0 Å². The fourth-order valence-electron chi connectivity index (χ4n) is 2.12. The van der Waals surface area contributed by atoms with Crippen LogP contribution in [0.2, 0.25) is 0 Å². The summed E-state index contributed by atoms with van der Waals surface area (Å²) in [6.45, 7) is 2.04. The van der Waals surface area contributed by atoms with Crippen LogP contribution in [0.4, 0.5) is 11.8 Å². The van der Waals surface area contributed by atoms with Crippen molar-refractivity contribution >= 4 is 22.7 Å². The van der Waals surface area contributed by atoms with Gasteiger partial charge in [0.15, 0.2) is 0 Å². The van der Waals surface area contributed by atoms with Crippen molar-refractivity contribution in [2.45, 2.75) is 13.0 Å². The molecule has 2 aromatic heterocycles. The van der Waals surface area contributed by atoms with E-state index < -0.39 is 0 Å². The quantitative estimate of drug-likeness (QED) is 0.761. The third kappa shape index (κ3) is 2.38. The minimum Gasteiger partial charge on any atom is -0.368 e. The number of pyridine rings is 1. The molecule has 0 aliphatic carbocycles. The van der Waals surface area contributed by atoms with Gasteiger partial charge in [0.05, 0.1) is 17.3 Å². The first-order valence-corrected chi connectivity index (χ1v) is 6.44. The van der Waals surface area contributed by atoms with Crippen molar-refractivity contribution in [2.24, 2.45) is 0 Å². The summed E-state index contributed by atoms with van der Waals surface area (Å²) in [7, 11) is 0. The number of nitrogen functional groups attached to an aromatic ring is 1. The third-order valence-corrected chi connectivity index (χ3v) is 3.11. The number of nitrogens with zero attached hydrogens (tertiary/aromatic N) is 3. The Balaban J connectivity index is 1.98. The van der Waals surface area contributed by atoms with Gasteiger partial charge in [0, 0.05) is 11.6 Å². The number of fused-ring (bicyclic) bond motifs is 1. The standard InChI is InChI=1S/C15H15N5/c1-10(12-7-4-5-9-17-12)18-14-11-6-2-3-8-13(11)19-15(16)20-14/h2-10H,1H3,(H3,16,18,19,20)/t10-/m1/s1. The van der Waals surface area contributed by atoms with Crippen LogP contribution in [-0.2, 0) is 0 Å². The van der Waals surface area contributed by atoms with Crippen LogP contribution < -0.4 is 11.1 Å². The van der Waals surface area contributed by atoms with E-state index >= 15 is 0 Å². The number of nitrogens with two attached hydrogens (primary N) is 1. The molecule has 0 aliphatic heterocycles. The van der Waals surface area contributed by atoms with Crippen molar-refractivity contribution in [1.29, 1.82) is 0 Å². The topological polar surface area (TPSA) is 76.7 Å². The van der Waals surface area contributed by atoms with Crippen molar-refractivity contribution in [3.05, 3.63) is 54.4 Å². The molecule has 3 rings (SSSR count). The van der Waals surface area contributed by atoms with E-state index in [9.17, 15) is 0 Å². The van der Waals surface area contributed by atoms with E-state index in [2.05, 4.69) is 20.3 Å². The molecule has 0 spiro atoms. The average Bonchev–Trinajstić information content (AvgIpc) is 2.48. The maximum absolute atomic E-state index is 5.76. The van der Waals surface area contributed by atoms with Gasteiger partial charge < -0.3 is 11.1 Å². The molecule has 3 N–H and O–H groups in total. The fraction of sp³-hybridized carbons (Fsp3) is 0.133. The van der Waals surface area contributed by atoms with Crippen LogP contribution in [0.5, 0.6) is 0 Å². The first-order valence-electron chi connectivity index (χ1n) is 6.44. The van der Waals surface area contributed by atoms with Crippen LogP contribution in [0.3, 0.4) is 0 Å². The van der Waals surface area contributed by atoms with Crippen LogP contribution in [-0.4, -0.2) is 15.0 Å². The first-order chi connectivity index (χ1) is 9.74. The molecule has 1 atom stereocenters. The number of para-hydroxylation sites is 1. The normalized spacial score (nSPS) is 12.2. The second-order valence-electron chi connectivity index (χ2n) is 4.57. The van der Waals surface area contributed by atoms with Crippen LogP contribution in [0.25, 0.3) is 10.9 Å². The zero-order valence-corrected chi connectivity index (χ0v) is 11.1. The largest absolute Gasteiger partial charge is 0.368 e. The summed E-state index contributed by atoms with van der Waals surface area (Å²) in [5.41, 5.74) is 7.54. The fourth-order valence-corrected chi connectivity index (χ4v) is 2.12. The molecule has 20 heavy (non-hydrogen) atoms. The number of anilines is 2. The molecule has 0 fully saturated rings. The monoisotopic (exact) mass is 265 g/mol. The van der Waals surface area contributed by atoms with Crippen molar-refractivity contribution in [3.63, 3.8) is 0 Å². The van der Waals surface area contributed by atoms with Gasteiger partial charge in [-0.25, -0.2) is 4.98 Å². The van der Waals surface area contributed by atoms with Crippen LogP contribution in [0.15, 0.2) is 48.7 Å². The Morgan fingerprint density at radius 3 is 2.65 bits per heavy atom. The Labute approximate surface area is 116 Å². The van der Waals surface area contributed by atoms with Gasteiger partial charge in [-0.1, -0.05) is 18.2 Å². The Bertz CT molecular complexity index is 727. The number of hydrogen-bond donors (Lipinski definition) is 2. The van der Waals surface area contributed by atoms with E-state index in [0.29, 0.717) is 0 Å². The van der Waals surface area contributed by atoms with E-state index in [-0.39, 0.29) is 12.0 Å². The molecule has 0 saturated heterocycles. The molecule has 100 valence electrons. The Morgan fingerprint density at radius 1 is 1.05 bits per heavy atom. The van der Waals surface area contributed by atoms with Gasteiger partial charge in [0.2, 0.25) is 5.95 Å². The number of hydrogen-bond acceptors (Lipinski definition) is 5. The predicted molar refractivity (Wildman–Crippen MR) is 80.2 cm³/mol. The first kappa shape index (κ1) is 12.3. The summed E-state index contributed by atoms with van der Waals surface area (Å²) < 4.78 is 0. The number of nitrogens with one attached hydrogen (secondary N) is 1. The maximum atomic E-state index is 5.76. The van der Waals surface area contributed by atoms with Crippen LogP contribution >= 0.6 is 0 Å². The van der Waals surface area contributed by atoms with Gasteiger partial charge in [0.25, 0.3) is 0 Å². The lowest BCUT2D eigenvalue weighted by molar-refractivity contribution is 0.833. The molecule has 2 heterocycles. The molecular formula is C15H15N5. The molecule has 5 nitrogen and oxygen atoms in total. The SMILES string of the molecule is C[C@@H](Nc1nc(N)nc2ccccc12)c1ccccn1. The number of benzene rings is 1. The lowest BCUT2D eigenvalue weighted by atomic mass is 10.2. The van der Waals surface area contributed by atoms with Crippen molar-refractivity contribution < 1.29 is 0 Å². The second kappa shape index (κ2) is 5.13. The summed E-state index contributed by atoms with van der Waals surface area (Å²) in [5, 5.41) is 4.30. The summed E-state index contributed by atoms with van der Waals surface area (Å²) in [6.07, 6.45) is 1.78. The average molecular weight is 265 g/mol. The minimum absolute atomic E-state index is 0.0360. The zero-order chi connectivity index (χ0) is 13.9. The number of rotatable bonds is 3. The molecule has 0 unspecified atom stereocenters. The van der Waals surface area contributed by atoms with E-state index in [0.717, 1.165) is 22.4 Å². The van der Waals surface area contributed by atoms with Gasteiger partial charge in [-0.05, 0) is 31.2 Å². The zero-order valence-electron chi connectivity index (χ0n) is 11.1. The highest BCUT2D eigenvalue weighted by atomic mass is 15.1. The van der Waals surface area contributed by atoms with Crippen molar-refractivity contribution in [1.82, 2.24) is 15.0 Å². The van der Waals surface area contributed by atoms with Crippen LogP contribution in [0, 0.1) is 0 Å². The van der Waals surface area contributed by atoms with E-state index in [1.165, 1.54) is 0 Å². The van der Waals surface area contributed by atoms with Gasteiger partial charge >= 0.3 is 0 Å². The molecule has 0 bridgehead atoms. The summed E-state index contributed by atoms with van der Waals surface area (Å²) in [4.78, 5) is 12.9. The third-order valence-electron chi connectivity index (χ3n) is 3.11. The molecule has 0 aliphatic rings. The van der Waals surface area contributed by atoms with Crippen molar-refractivity contribution in [2.75, 3.05) is 11.1 Å². The maximum Gasteiger partial charge on any atom is 0.222 e. The molecule has 0 amide bonds. The lowest BCUT2D eigenvalue weighted by Crippen LogP contribution is -2.11. The second-order valence-corrected chi connectivity index (χ2v) is 4.57. The molecule has 3 aromatic rings. The summed E-state index contributed by atoms with van der Waals surface area (Å²) >= 11 is 0.